The van der Waals surface area contributed by atoms with Gasteiger partial charge in [0.05, 0.1) is 46.8 Å². The third-order valence-electron chi connectivity index (χ3n) is 4.82. The molecule has 0 N–H and O–H groups in total. The molecular formula is C22H25NO6. The summed E-state index contributed by atoms with van der Waals surface area (Å²) in [7, 11) is 6.20. The van der Waals surface area contributed by atoms with Crippen molar-refractivity contribution >= 4 is 11.6 Å². The highest BCUT2D eigenvalue weighted by Crippen LogP contribution is 2.49. The van der Waals surface area contributed by atoms with Crippen LogP contribution in [0.2, 0.25) is 0 Å². The molecule has 1 saturated heterocycles. The number of benzene rings is 2. The highest BCUT2D eigenvalue weighted by molar-refractivity contribution is 6.15. The Morgan fingerprint density at radius 1 is 0.931 bits per heavy atom. The number of ether oxygens (including phenoxy) is 5. The molecule has 0 aliphatic carbocycles. The van der Waals surface area contributed by atoms with Gasteiger partial charge < -0.3 is 23.7 Å². The van der Waals surface area contributed by atoms with Crippen LogP contribution in [0.4, 0.5) is 5.69 Å². The molecule has 1 unspecified atom stereocenters. The Balaban J connectivity index is 2.09. The van der Waals surface area contributed by atoms with Gasteiger partial charge in [-0.3, -0.25) is 9.69 Å². The number of carbonyl (C=O) groups is 1. The van der Waals surface area contributed by atoms with Crippen LogP contribution in [-0.4, -0.2) is 41.0 Å². The third-order valence-corrected chi connectivity index (χ3v) is 4.82. The molecular weight excluding hydrogens is 374 g/mol. The molecule has 3 rings (SSSR count). The van der Waals surface area contributed by atoms with E-state index in [9.17, 15) is 4.79 Å². The van der Waals surface area contributed by atoms with E-state index < -0.39 is 0 Å². The van der Waals surface area contributed by atoms with Crippen LogP contribution in [0, 0.1) is 0 Å². The molecule has 0 radical (unpaired) electrons. The zero-order valence-electron chi connectivity index (χ0n) is 17.3. The zero-order valence-corrected chi connectivity index (χ0v) is 17.3. The fourth-order valence-electron chi connectivity index (χ4n) is 3.43. The molecule has 7 nitrogen and oxygen atoms in total. The molecule has 1 amide bonds. The van der Waals surface area contributed by atoms with Crippen LogP contribution in [-0.2, 0) is 4.79 Å². The average Bonchev–Trinajstić information content (AvgIpc) is 2.76. The van der Waals surface area contributed by atoms with Gasteiger partial charge in [-0.25, -0.2) is 0 Å². The Morgan fingerprint density at radius 2 is 1.59 bits per heavy atom. The maximum atomic E-state index is 12.7. The average molecular weight is 399 g/mol. The van der Waals surface area contributed by atoms with Crippen molar-refractivity contribution in [2.45, 2.75) is 13.0 Å². The van der Waals surface area contributed by atoms with E-state index in [2.05, 4.69) is 6.58 Å². The molecule has 2 aromatic carbocycles. The first-order valence-corrected chi connectivity index (χ1v) is 9.13. The Hall–Kier alpha value is -3.35. The van der Waals surface area contributed by atoms with Gasteiger partial charge in [-0.1, -0.05) is 6.58 Å². The van der Waals surface area contributed by atoms with Crippen molar-refractivity contribution in [2.75, 3.05) is 39.9 Å². The van der Waals surface area contributed by atoms with Crippen molar-refractivity contribution < 1.29 is 28.5 Å². The van der Waals surface area contributed by atoms with E-state index in [4.69, 9.17) is 23.7 Å². The normalized spacial score (nSPS) is 15.6. The summed E-state index contributed by atoms with van der Waals surface area (Å²) in [6.45, 7) is 6.36. The summed E-state index contributed by atoms with van der Waals surface area (Å²) in [6, 6.07) is 8.63. The van der Waals surface area contributed by atoms with Crippen LogP contribution < -0.4 is 28.6 Å². The lowest BCUT2D eigenvalue weighted by Crippen LogP contribution is -2.49. The number of hydrogen-bond donors (Lipinski definition) is 0. The van der Waals surface area contributed by atoms with Crippen molar-refractivity contribution in [3.8, 4) is 28.7 Å². The van der Waals surface area contributed by atoms with E-state index in [0.717, 1.165) is 5.56 Å². The summed E-state index contributed by atoms with van der Waals surface area (Å²) >= 11 is 0. The van der Waals surface area contributed by atoms with Crippen LogP contribution in [0.25, 0.3) is 0 Å². The van der Waals surface area contributed by atoms with Crippen molar-refractivity contribution in [1.29, 1.82) is 0 Å². The monoisotopic (exact) mass is 399 g/mol. The van der Waals surface area contributed by atoms with E-state index in [1.165, 1.54) is 21.3 Å². The van der Waals surface area contributed by atoms with Crippen LogP contribution in [0.5, 0.6) is 28.7 Å². The Morgan fingerprint density at radius 3 is 2.10 bits per heavy atom. The summed E-state index contributed by atoms with van der Waals surface area (Å²) in [5.41, 5.74) is 1.91. The first kappa shape index (κ1) is 20.4. The predicted octanol–water partition coefficient (Wildman–Crippen LogP) is 3.76. The Bertz CT molecular complexity index is 914. The minimum atomic E-state index is -0.377. The molecule has 1 aliphatic heterocycles. The predicted molar refractivity (Wildman–Crippen MR) is 110 cm³/mol. The number of amides is 1. The summed E-state index contributed by atoms with van der Waals surface area (Å²) in [5.74, 6) is 2.52. The van der Waals surface area contributed by atoms with Gasteiger partial charge in [0.1, 0.15) is 11.5 Å². The van der Waals surface area contributed by atoms with E-state index in [0.29, 0.717) is 46.6 Å². The van der Waals surface area contributed by atoms with Crippen LogP contribution in [0.3, 0.4) is 0 Å². The maximum Gasteiger partial charge on any atom is 0.256 e. The van der Waals surface area contributed by atoms with Crippen LogP contribution in [0.15, 0.2) is 42.5 Å². The minimum absolute atomic E-state index is 0.178. The number of anilines is 1. The SMILES string of the molecule is C=C1C(=O)N(c2cc(OC)c(OC)c(OC)c2)C1c1ccc(OC)cc1OCC. The van der Waals surface area contributed by atoms with Gasteiger partial charge in [0, 0.05) is 29.3 Å². The smallest absolute Gasteiger partial charge is 0.256 e. The van der Waals surface area contributed by atoms with Crippen molar-refractivity contribution in [3.05, 3.63) is 48.0 Å². The lowest BCUT2D eigenvalue weighted by Gasteiger charge is -2.43. The quantitative estimate of drug-likeness (QED) is 0.497. The summed E-state index contributed by atoms with van der Waals surface area (Å²) in [5, 5.41) is 0. The first-order chi connectivity index (χ1) is 14.0. The van der Waals surface area contributed by atoms with Crippen molar-refractivity contribution in [1.82, 2.24) is 0 Å². The van der Waals surface area contributed by atoms with Gasteiger partial charge in [-0.05, 0) is 19.1 Å². The van der Waals surface area contributed by atoms with E-state index in [-0.39, 0.29) is 11.9 Å². The second kappa shape index (κ2) is 8.34. The number of hydrogen-bond acceptors (Lipinski definition) is 6. The summed E-state index contributed by atoms with van der Waals surface area (Å²) < 4.78 is 27.3. The van der Waals surface area contributed by atoms with Gasteiger partial charge in [-0.15, -0.1) is 0 Å². The van der Waals surface area contributed by atoms with Crippen molar-refractivity contribution in [2.24, 2.45) is 0 Å². The molecule has 0 aromatic heterocycles. The number of methoxy groups -OCH3 is 4. The second-order valence-electron chi connectivity index (χ2n) is 6.32. The fourth-order valence-corrected chi connectivity index (χ4v) is 3.43. The van der Waals surface area contributed by atoms with Gasteiger partial charge in [0.2, 0.25) is 5.75 Å². The molecule has 29 heavy (non-hydrogen) atoms. The highest BCUT2D eigenvalue weighted by Gasteiger charge is 2.44. The number of rotatable bonds is 8. The van der Waals surface area contributed by atoms with E-state index in [1.54, 1.807) is 24.1 Å². The van der Waals surface area contributed by atoms with Crippen LogP contribution in [0.1, 0.15) is 18.5 Å². The molecule has 154 valence electrons. The molecule has 0 saturated carbocycles. The van der Waals surface area contributed by atoms with Crippen LogP contribution >= 0.6 is 0 Å². The Kier molecular flexibility index (Phi) is 5.87. The largest absolute Gasteiger partial charge is 0.497 e. The maximum absolute atomic E-state index is 12.7. The van der Waals surface area contributed by atoms with Gasteiger partial charge >= 0.3 is 0 Å². The van der Waals surface area contributed by atoms with Gasteiger partial charge in [-0.2, -0.15) is 0 Å². The Labute approximate surface area is 170 Å². The third kappa shape index (κ3) is 3.44. The first-order valence-electron chi connectivity index (χ1n) is 9.13. The molecule has 7 heteroatoms. The molecule has 0 bridgehead atoms. The molecule has 1 aliphatic rings. The minimum Gasteiger partial charge on any atom is -0.497 e. The topological polar surface area (TPSA) is 66.5 Å². The van der Waals surface area contributed by atoms with E-state index in [1.807, 2.05) is 25.1 Å². The molecule has 1 fully saturated rings. The zero-order chi connectivity index (χ0) is 21.1. The lowest BCUT2D eigenvalue weighted by atomic mass is 9.87. The highest BCUT2D eigenvalue weighted by atomic mass is 16.5. The summed E-state index contributed by atoms with van der Waals surface area (Å²) in [6.07, 6.45) is 0. The fraction of sp³-hybridized carbons (Fsp3) is 0.318. The molecule has 0 spiro atoms. The standard InChI is InChI=1S/C22H25NO6/c1-7-29-17-12-15(25-3)8-9-16(17)20-13(2)22(24)23(20)14-10-18(26-4)21(28-6)19(11-14)27-5/h8-12,20H,2,7H2,1,3-6H3. The number of carbonyl (C=O) groups excluding carboxylic acids is 1. The molecule has 1 heterocycles. The number of nitrogens with zero attached hydrogens (tertiary/aromatic N) is 1. The number of β-lactam (4-membered cyclic amide) rings is 1. The molecule has 2 aromatic rings. The lowest BCUT2D eigenvalue weighted by molar-refractivity contribution is -0.119. The van der Waals surface area contributed by atoms with E-state index >= 15 is 0 Å². The van der Waals surface area contributed by atoms with Gasteiger partial charge in [0.25, 0.3) is 5.91 Å². The summed E-state index contributed by atoms with van der Waals surface area (Å²) in [4.78, 5) is 14.4. The second-order valence-corrected chi connectivity index (χ2v) is 6.32. The van der Waals surface area contributed by atoms with Crippen molar-refractivity contribution in [3.63, 3.8) is 0 Å². The molecule has 1 atom stereocenters. The van der Waals surface area contributed by atoms with Gasteiger partial charge in [0.15, 0.2) is 11.5 Å².